The Morgan fingerprint density at radius 2 is 2.00 bits per heavy atom. The van der Waals surface area contributed by atoms with E-state index in [2.05, 4.69) is 15.3 Å². The number of hydrogen-bond donors (Lipinski definition) is 1. The number of carbonyl (C=O) groups excluding carboxylic acids is 1. The number of amides is 1. The summed E-state index contributed by atoms with van der Waals surface area (Å²) in [6.07, 6.45) is 5.92. The highest BCUT2D eigenvalue weighted by atomic mass is 16.5. The lowest BCUT2D eigenvalue weighted by atomic mass is 10.1. The average Bonchev–Trinajstić information content (AvgIpc) is 2.83. The first-order valence-corrected chi connectivity index (χ1v) is 7.71. The Kier molecular flexibility index (Phi) is 3.70. The predicted octanol–water partition coefficient (Wildman–Crippen LogP) is 2.16. The van der Waals surface area contributed by atoms with Gasteiger partial charge in [-0.2, -0.15) is 0 Å². The number of aromatic nitrogens is 1. The van der Waals surface area contributed by atoms with E-state index in [9.17, 15) is 4.79 Å². The molecule has 0 radical (unpaired) electrons. The molecule has 1 aromatic heterocycles. The van der Waals surface area contributed by atoms with Crippen LogP contribution >= 0.6 is 0 Å². The number of rotatable bonds is 2. The number of aliphatic imine (C=N–C) groups is 1. The molecule has 0 saturated carbocycles. The molecule has 1 amide bonds. The quantitative estimate of drug-likeness (QED) is 0.860. The zero-order valence-electron chi connectivity index (χ0n) is 12.9. The fraction of sp³-hybridized carbons (Fsp3) is 0.167. The van der Waals surface area contributed by atoms with Crippen LogP contribution < -0.4 is 14.8 Å². The van der Waals surface area contributed by atoms with Crippen molar-refractivity contribution < 1.29 is 14.3 Å². The number of carbonyl (C=O) groups is 1. The second kappa shape index (κ2) is 6.16. The summed E-state index contributed by atoms with van der Waals surface area (Å²) < 4.78 is 11.3. The maximum atomic E-state index is 12.1. The van der Waals surface area contributed by atoms with E-state index in [0.717, 1.165) is 23.3 Å². The lowest BCUT2D eigenvalue weighted by Gasteiger charge is -2.07. The minimum atomic E-state index is -0.235. The van der Waals surface area contributed by atoms with Crippen molar-refractivity contribution in [3.05, 3.63) is 59.5 Å². The van der Waals surface area contributed by atoms with Gasteiger partial charge in [-0.1, -0.05) is 6.07 Å². The minimum absolute atomic E-state index is 0.235. The Morgan fingerprint density at radius 1 is 1.12 bits per heavy atom. The van der Waals surface area contributed by atoms with Crippen LogP contribution in [0.3, 0.4) is 0 Å². The third kappa shape index (κ3) is 2.86. The van der Waals surface area contributed by atoms with E-state index in [1.165, 1.54) is 0 Å². The monoisotopic (exact) mass is 321 g/mol. The fourth-order valence-electron chi connectivity index (χ4n) is 2.54. The summed E-state index contributed by atoms with van der Waals surface area (Å²) in [5, 5.41) is 2.76. The molecule has 0 spiro atoms. The highest BCUT2D eigenvalue weighted by Crippen LogP contribution is 2.31. The average molecular weight is 321 g/mol. The van der Waals surface area contributed by atoms with Crippen molar-refractivity contribution in [1.29, 1.82) is 0 Å². The third-order valence-electron chi connectivity index (χ3n) is 3.71. The Hall–Kier alpha value is -3.15. The van der Waals surface area contributed by atoms with Gasteiger partial charge in [-0.3, -0.25) is 9.78 Å². The molecule has 0 saturated heterocycles. The highest BCUT2D eigenvalue weighted by Gasteiger charge is 2.21. The second-order valence-electron chi connectivity index (χ2n) is 5.44. The SMILES string of the molecule is O=C1NC(c2cccnc2)=N/C1=C/c1ccc2c(c1)OCCCO2. The van der Waals surface area contributed by atoms with Crippen LogP contribution in [0.2, 0.25) is 0 Å². The molecule has 1 aromatic carbocycles. The zero-order valence-corrected chi connectivity index (χ0v) is 12.9. The molecule has 4 rings (SSSR count). The van der Waals surface area contributed by atoms with Gasteiger partial charge in [-0.05, 0) is 35.9 Å². The molecule has 0 aliphatic carbocycles. The van der Waals surface area contributed by atoms with Crippen molar-refractivity contribution in [3.8, 4) is 11.5 Å². The molecule has 1 N–H and O–H groups in total. The van der Waals surface area contributed by atoms with Crippen LogP contribution in [-0.4, -0.2) is 29.9 Å². The highest BCUT2D eigenvalue weighted by molar-refractivity contribution is 6.19. The van der Waals surface area contributed by atoms with Gasteiger partial charge in [0.2, 0.25) is 0 Å². The van der Waals surface area contributed by atoms with Gasteiger partial charge in [-0.15, -0.1) is 0 Å². The molecule has 2 aliphatic rings. The maximum Gasteiger partial charge on any atom is 0.275 e. The summed E-state index contributed by atoms with van der Waals surface area (Å²) >= 11 is 0. The molecule has 2 aliphatic heterocycles. The standard InChI is InChI=1S/C18H15N3O3/c22-18-14(20-17(21-18)13-3-1-6-19-11-13)9-12-4-5-15-16(10-12)24-8-2-7-23-15/h1,3-6,9-11H,2,7-8H2,(H,20,21,22)/b14-9+. The van der Waals surface area contributed by atoms with Crippen molar-refractivity contribution in [3.63, 3.8) is 0 Å². The molecule has 0 atom stereocenters. The van der Waals surface area contributed by atoms with Crippen molar-refractivity contribution in [2.45, 2.75) is 6.42 Å². The topological polar surface area (TPSA) is 72.8 Å². The maximum absolute atomic E-state index is 12.1. The third-order valence-corrected chi connectivity index (χ3v) is 3.71. The van der Waals surface area contributed by atoms with Crippen LogP contribution in [0.15, 0.2) is 53.4 Å². The molecule has 120 valence electrons. The van der Waals surface area contributed by atoms with Crippen LogP contribution in [0.5, 0.6) is 11.5 Å². The lowest BCUT2D eigenvalue weighted by Crippen LogP contribution is -2.24. The van der Waals surface area contributed by atoms with E-state index >= 15 is 0 Å². The molecule has 0 fully saturated rings. The van der Waals surface area contributed by atoms with Crippen molar-refractivity contribution in [1.82, 2.24) is 10.3 Å². The van der Waals surface area contributed by atoms with Gasteiger partial charge in [0.15, 0.2) is 11.5 Å². The van der Waals surface area contributed by atoms with E-state index in [1.807, 2.05) is 24.3 Å². The van der Waals surface area contributed by atoms with E-state index in [1.54, 1.807) is 24.5 Å². The van der Waals surface area contributed by atoms with Crippen LogP contribution in [-0.2, 0) is 4.79 Å². The molecule has 2 aromatic rings. The summed E-state index contributed by atoms with van der Waals surface area (Å²) in [7, 11) is 0. The van der Waals surface area contributed by atoms with Gasteiger partial charge in [0, 0.05) is 24.4 Å². The molecular weight excluding hydrogens is 306 g/mol. The van der Waals surface area contributed by atoms with Gasteiger partial charge in [0.1, 0.15) is 11.5 Å². The number of nitrogens with one attached hydrogen (secondary N) is 1. The summed E-state index contributed by atoms with van der Waals surface area (Å²) in [5.74, 6) is 1.69. The van der Waals surface area contributed by atoms with E-state index in [-0.39, 0.29) is 5.91 Å². The van der Waals surface area contributed by atoms with Gasteiger partial charge in [0.25, 0.3) is 5.91 Å². The Balaban J connectivity index is 1.64. The predicted molar refractivity (Wildman–Crippen MR) is 88.9 cm³/mol. The van der Waals surface area contributed by atoms with Crippen LogP contribution in [0.4, 0.5) is 0 Å². The normalized spacial score (nSPS) is 18.1. The molecule has 24 heavy (non-hydrogen) atoms. The van der Waals surface area contributed by atoms with Gasteiger partial charge >= 0.3 is 0 Å². The summed E-state index contributed by atoms with van der Waals surface area (Å²) in [6, 6.07) is 9.24. The van der Waals surface area contributed by atoms with Crippen LogP contribution in [0.1, 0.15) is 17.5 Å². The van der Waals surface area contributed by atoms with Crippen molar-refractivity contribution >= 4 is 17.8 Å². The minimum Gasteiger partial charge on any atom is -0.490 e. The van der Waals surface area contributed by atoms with E-state index in [4.69, 9.17) is 9.47 Å². The fourth-order valence-corrected chi connectivity index (χ4v) is 2.54. The number of fused-ring (bicyclic) bond motifs is 1. The Bertz CT molecular complexity index is 844. The smallest absolute Gasteiger partial charge is 0.275 e. The number of ether oxygens (including phenoxy) is 2. The second-order valence-corrected chi connectivity index (χ2v) is 5.44. The number of hydrogen-bond acceptors (Lipinski definition) is 5. The lowest BCUT2D eigenvalue weighted by molar-refractivity contribution is -0.115. The number of benzene rings is 1. The summed E-state index contributed by atoms with van der Waals surface area (Å²) in [5.41, 5.74) is 1.96. The van der Waals surface area contributed by atoms with Crippen LogP contribution in [0, 0.1) is 0 Å². The van der Waals surface area contributed by atoms with E-state index < -0.39 is 0 Å². The molecule has 6 nitrogen and oxygen atoms in total. The van der Waals surface area contributed by atoms with Gasteiger partial charge in [-0.25, -0.2) is 4.99 Å². The summed E-state index contributed by atoms with van der Waals surface area (Å²) in [6.45, 7) is 1.27. The van der Waals surface area contributed by atoms with Gasteiger partial charge in [0.05, 0.1) is 13.2 Å². The number of nitrogens with zero attached hydrogens (tertiary/aromatic N) is 2. The number of pyridine rings is 1. The van der Waals surface area contributed by atoms with Crippen molar-refractivity contribution in [2.75, 3.05) is 13.2 Å². The molecule has 0 unspecified atom stereocenters. The molecular formula is C18H15N3O3. The molecule has 6 heteroatoms. The first-order chi connectivity index (χ1) is 11.8. The number of amidine groups is 1. The van der Waals surface area contributed by atoms with Crippen molar-refractivity contribution in [2.24, 2.45) is 4.99 Å². The first-order valence-electron chi connectivity index (χ1n) is 7.71. The Morgan fingerprint density at radius 3 is 2.83 bits per heavy atom. The van der Waals surface area contributed by atoms with E-state index in [0.29, 0.717) is 30.5 Å². The van der Waals surface area contributed by atoms with Crippen LogP contribution in [0.25, 0.3) is 6.08 Å². The summed E-state index contributed by atoms with van der Waals surface area (Å²) in [4.78, 5) is 20.5. The largest absolute Gasteiger partial charge is 0.490 e. The molecule has 0 bridgehead atoms. The zero-order chi connectivity index (χ0) is 16.4. The van der Waals surface area contributed by atoms with Gasteiger partial charge < -0.3 is 14.8 Å². The first kappa shape index (κ1) is 14.4. The molecule has 3 heterocycles. The Labute approximate surface area is 138 Å².